The van der Waals surface area contributed by atoms with E-state index in [1.807, 2.05) is 0 Å². The van der Waals surface area contributed by atoms with Crippen LogP contribution in [-0.4, -0.2) is 5.16 Å². The van der Waals surface area contributed by atoms with E-state index < -0.39 is 0 Å². The highest BCUT2D eigenvalue weighted by Crippen LogP contribution is 2.37. The number of nitrogens with zero attached hydrogens (tertiary/aromatic N) is 1. The van der Waals surface area contributed by atoms with Crippen LogP contribution in [0.2, 0.25) is 0 Å². The zero-order chi connectivity index (χ0) is 14.5. The SMILES string of the molecule is CCCCC(CC)c1onc(N)c1-c1ccc(C)cc1. The van der Waals surface area contributed by atoms with Crippen molar-refractivity contribution in [2.24, 2.45) is 0 Å². The number of hydrogen-bond acceptors (Lipinski definition) is 3. The first-order valence-corrected chi connectivity index (χ1v) is 7.49. The minimum atomic E-state index is 0.399. The fraction of sp³-hybridized carbons (Fsp3) is 0.471. The Bertz CT molecular complexity index is 543. The molecule has 0 amide bonds. The summed E-state index contributed by atoms with van der Waals surface area (Å²) in [6.45, 7) is 6.48. The van der Waals surface area contributed by atoms with Crippen molar-refractivity contribution in [3.63, 3.8) is 0 Å². The molecule has 2 rings (SSSR count). The molecule has 1 aromatic carbocycles. The quantitative estimate of drug-likeness (QED) is 0.812. The van der Waals surface area contributed by atoms with E-state index in [4.69, 9.17) is 10.3 Å². The third-order valence-corrected chi connectivity index (χ3v) is 3.85. The van der Waals surface area contributed by atoms with Gasteiger partial charge in [-0.15, -0.1) is 0 Å². The van der Waals surface area contributed by atoms with Gasteiger partial charge in [0.05, 0.1) is 5.56 Å². The molecule has 0 radical (unpaired) electrons. The summed E-state index contributed by atoms with van der Waals surface area (Å²) in [5.41, 5.74) is 9.34. The van der Waals surface area contributed by atoms with Gasteiger partial charge >= 0.3 is 0 Å². The molecular formula is C17H24N2O. The third-order valence-electron chi connectivity index (χ3n) is 3.85. The first-order valence-electron chi connectivity index (χ1n) is 7.49. The lowest BCUT2D eigenvalue weighted by atomic mass is 9.91. The van der Waals surface area contributed by atoms with E-state index in [0.717, 1.165) is 29.7 Å². The van der Waals surface area contributed by atoms with E-state index in [9.17, 15) is 0 Å². The van der Waals surface area contributed by atoms with Gasteiger partial charge in [0.15, 0.2) is 5.82 Å². The average Bonchev–Trinajstić information content (AvgIpc) is 2.83. The van der Waals surface area contributed by atoms with Gasteiger partial charge in [0.25, 0.3) is 0 Å². The molecule has 0 bridgehead atoms. The zero-order valence-corrected chi connectivity index (χ0v) is 12.6. The van der Waals surface area contributed by atoms with Crippen LogP contribution in [0.1, 0.15) is 56.8 Å². The van der Waals surface area contributed by atoms with Gasteiger partial charge in [-0.1, -0.05) is 61.7 Å². The van der Waals surface area contributed by atoms with E-state index >= 15 is 0 Å². The summed E-state index contributed by atoms with van der Waals surface area (Å²) in [5, 5.41) is 4.00. The number of rotatable bonds is 6. The summed E-state index contributed by atoms with van der Waals surface area (Å²) >= 11 is 0. The summed E-state index contributed by atoms with van der Waals surface area (Å²) < 4.78 is 5.56. The lowest BCUT2D eigenvalue weighted by Gasteiger charge is -2.13. The Morgan fingerprint density at radius 1 is 1.20 bits per heavy atom. The van der Waals surface area contributed by atoms with Gasteiger partial charge in [0.1, 0.15) is 5.76 Å². The Kier molecular flexibility index (Phi) is 4.83. The smallest absolute Gasteiger partial charge is 0.175 e. The van der Waals surface area contributed by atoms with Crippen LogP contribution in [0.4, 0.5) is 5.82 Å². The normalized spacial score (nSPS) is 12.6. The van der Waals surface area contributed by atoms with E-state index in [1.54, 1.807) is 0 Å². The van der Waals surface area contributed by atoms with Crippen LogP contribution in [0.15, 0.2) is 28.8 Å². The van der Waals surface area contributed by atoms with E-state index in [1.165, 1.54) is 18.4 Å². The molecule has 0 spiro atoms. The van der Waals surface area contributed by atoms with Crippen molar-refractivity contribution >= 4 is 5.82 Å². The predicted octanol–water partition coefficient (Wildman–Crippen LogP) is 4.92. The number of benzene rings is 1. The molecule has 1 atom stereocenters. The topological polar surface area (TPSA) is 52.0 Å². The van der Waals surface area contributed by atoms with Crippen molar-refractivity contribution < 1.29 is 4.52 Å². The molecule has 1 unspecified atom stereocenters. The lowest BCUT2D eigenvalue weighted by Crippen LogP contribution is -1.99. The van der Waals surface area contributed by atoms with E-state index in [2.05, 4.69) is 50.2 Å². The molecule has 2 aromatic rings. The molecule has 0 aliphatic carbocycles. The van der Waals surface area contributed by atoms with Crippen LogP contribution in [0.25, 0.3) is 11.1 Å². The highest BCUT2D eigenvalue weighted by Gasteiger charge is 2.22. The molecule has 3 nitrogen and oxygen atoms in total. The minimum absolute atomic E-state index is 0.399. The summed E-state index contributed by atoms with van der Waals surface area (Å²) in [7, 11) is 0. The van der Waals surface area contributed by atoms with Gasteiger partial charge in [-0.3, -0.25) is 0 Å². The fourth-order valence-corrected chi connectivity index (χ4v) is 2.58. The van der Waals surface area contributed by atoms with Crippen LogP contribution in [0.5, 0.6) is 0 Å². The minimum Gasteiger partial charge on any atom is -0.380 e. The Balaban J connectivity index is 2.37. The number of hydrogen-bond donors (Lipinski definition) is 1. The van der Waals surface area contributed by atoms with Crippen molar-refractivity contribution in [2.45, 2.75) is 52.4 Å². The zero-order valence-electron chi connectivity index (χ0n) is 12.6. The number of aromatic nitrogens is 1. The van der Waals surface area contributed by atoms with E-state index in [-0.39, 0.29) is 0 Å². The maximum absolute atomic E-state index is 6.03. The van der Waals surface area contributed by atoms with Crippen LogP contribution < -0.4 is 5.73 Å². The third kappa shape index (κ3) is 3.03. The summed E-state index contributed by atoms with van der Waals surface area (Å²) in [5.74, 6) is 1.84. The first kappa shape index (κ1) is 14.6. The van der Waals surface area contributed by atoms with Crippen molar-refractivity contribution in [1.82, 2.24) is 5.16 Å². The number of unbranched alkanes of at least 4 members (excludes halogenated alkanes) is 1. The summed E-state index contributed by atoms with van der Waals surface area (Å²) in [6, 6.07) is 8.37. The molecule has 1 aromatic heterocycles. The maximum atomic E-state index is 6.03. The molecule has 1 heterocycles. The monoisotopic (exact) mass is 272 g/mol. The maximum Gasteiger partial charge on any atom is 0.175 e. The van der Waals surface area contributed by atoms with Crippen molar-refractivity contribution in [3.05, 3.63) is 35.6 Å². The largest absolute Gasteiger partial charge is 0.380 e. The van der Waals surface area contributed by atoms with Gasteiger partial charge in [-0.2, -0.15) is 0 Å². The number of anilines is 1. The molecule has 3 heteroatoms. The number of nitrogens with two attached hydrogens (primary N) is 1. The number of nitrogen functional groups attached to an aromatic ring is 1. The van der Waals surface area contributed by atoms with Crippen LogP contribution >= 0.6 is 0 Å². The second kappa shape index (κ2) is 6.60. The molecule has 0 aliphatic heterocycles. The molecule has 2 N–H and O–H groups in total. The molecule has 0 saturated carbocycles. The molecule has 0 saturated heterocycles. The Labute approximate surface area is 121 Å². The Morgan fingerprint density at radius 2 is 1.90 bits per heavy atom. The van der Waals surface area contributed by atoms with Crippen LogP contribution in [0, 0.1) is 6.92 Å². The standard InChI is InChI=1S/C17H24N2O/c1-4-6-7-13(5-2)16-15(17(18)19-20-16)14-10-8-12(3)9-11-14/h8-11,13H,4-7H2,1-3H3,(H2,18,19). The molecule has 108 valence electrons. The summed E-state index contributed by atoms with van der Waals surface area (Å²) in [6.07, 6.45) is 4.57. The van der Waals surface area contributed by atoms with Gasteiger partial charge in [-0.25, -0.2) is 0 Å². The highest BCUT2D eigenvalue weighted by atomic mass is 16.5. The predicted molar refractivity (Wildman–Crippen MR) is 83.6 cm³/mol. The fourth-order valence-electron chi connectivity index (χ4n) is 2.58. The first-order chi connectivity index (χ1) is 9.67. The van der Waals surface area contributed by atoms with Gasteiger partial charge in [0, 0.05) is 5.92 Å². The van der Waals surface area contributed by atoms with Crippen molar-refractivity contribution in [2.75, 3.05) is 5.73 Å². The Morgan fingerprint density at radius 3 is 2.50 bits per heavy atom. The second-order valence-electron chi connectivity index (χ2n) is 5.42. The second-order valence-corrected chi connectivity index (χ2v) is 5.42. The van der Waals surface area contributed by atoms with E-state index in [0.29, 0.717) is 11.7 Å². The van der Waals surface area contributed by atoms with Crippen molar-refractivity contribution in [1.29, 1.82) is 0 Å². The Hall–Kier alpha value is -1.77. The van der Waals surface area contributed by atoms with Crippen molar-refractivity contribution in [3.8, 4) is 11.1 Å². The van der Waals surface area contributed by atoms with Gasteiger partial charge in [0.2, 0.25) is 0 Å². The number of aryl methyl sites for hydroxylation is 1. The van der Waals surface area contributed by atoms with Crippen LogP contribution in [0.3, 0.4) is 0 Å². The molecule has 20 heavy (non-hydrogen) atoms. The van der Waals surface area contributed by atoms with Crippen LogP contribution in [-0.2, 0) is 0 Å². The lowest BCUT2D eigenvalue weighted by molar-refractivity contribution is 0.349. The van der Waals surface area contributed by atoms with Gasteiger partial charge in [-0.05, 0) is 25.3 Å². The van der Waals surface area contributed by atoms with Gasteiger partial charge < -0.3 is 10.3 Å². The summed E-state index contributed by atoms with van der Waals surface area (Å²) in [4.78, 5) is 0. The molecule has 0 fully saturated rings. The molecular weight excluding hydrogens is 248 g/mol. The molecule has 0 aliphatic rings. The highest BCUT2D eigenvalue weighted by molar-refractivity contribution is 5.76. The average molecular weight is 272 g/mol.